The highest BCUT2D eigenvalue weighted by molar-refractivity contribution is 7.09. The fourth-order valence-corrected chi connectivity index (χ4v) is 2.80. The minimum absolute atomic E-state index is 0.469. The van der Waals surface area contributed by atoms with E-state index in [-0.39, 0.29) is 0 Å². The summed E-state index contributed by atoms with van der Waals surface area (Å²) in [5.41, 5.74) is 1.65. The molecule has 3 nitrogen and oxygen atoms in total. The van der Waals surface area contributed by atoms with Gasteiger partial charge in [-0.25, -0.2) is 4.98 Å². The van der Waals surface area contributed by atoms with Crippen molar-refractivity contribution in [3.05, 3.63) is 16.1 Å². The fraction of sp³-hybridized carbons (Fsp3) is 0.750. The molecular weight excluding hydrogens is 218 g/mol. The lowest BCUT2D eigenvalue weighted by molar-refractivity contribution is 0.220. The summed E-state index contributed by atoms with van der Waals surface area (Å²) in [7, 11) is 0. The van der Waals surface area contributed by atoms with Crippen LogP contribution in [-0.2, 0) is 6.54 Å². The zero-order chi connectivity index (χ0) is 11.4. The van der Waals surface area contributed by atoms with Crippen molar-refractivity contribution in [2.24, 2.45) is 5.41 Å². The summed E-state index contributed by atoms with van der Waals surface area (Å²) in [5, 5.41) is 10.3. The van der Waals surface area contributed by atoms with Gasteiger partial charge in [0.15, 0.2) is 0 Å². The minimum Gasteiger partial charge on any atom is -0.317 e. The monoisotopic (exact) mass is 239 g/mol. The first kappa shape index (κ1) is 12.0. The smallest absolute Gasteiger partial charge is 0.0897 e. The molecule has 0 bridgehead atoms. The van der Waals surface area contributed by atoms with E-state index in [1.165, 1.54) is 18.5 Å². The van der Waals surface area contributed by atoms with Crippen LogP contribution >= 0.6 is 11.3 Å². The summed E-state index contributed by atoms with van der Waals surface area (Å²) in [6, 6.07) is 0. The average Bonchev–Trinajstić information content (AvgIpc) is 2.65. The quantitative estimate of drug-likeness (QED) is 0.843. The molecule has 16 heavy (non-hydrogen) atoms. The summed E-state index contributed by atoms with van der Waals surface area (Å²) in [6.45, 7) is 8.77. The van der Waals surface area contributed by atoms with E-state index in [2.05, 4.69) is 34.8 Å². The SMILES string of the molecule is Cc1nc(CNCC2(C)CCNCC2)cs1. The van der Waals surface area contributed by atoms with Crippen molar-refractivity contribution in [3.63, 3.8) is 0 Å². The number of piperidine rings is 1. The molecule has 1 aromatic heterocycles. The van der Waals surface area contributed by atoms with Gasteiger partial charge in [0.05, 0.1) is 10.7 Å². The predicted molar refractivity (Wildman–Crippen MR) is 68.8 cm³/mol. The number of rotatable bonds is 4. The molecule has 0 unspecified atom stereocenters. The molecule has 0 aromatic carbocycles. The van der Waals surface area contributed by atoms with Crippen molar-refractivity contribution in [1.82, 2.24) is 15.6 Å². The molecule has 4 heteroatoms. The van der Waals surface area contributed by atoms with Gasteiger partial charge in [-0.1, -0.05) is 6.92 Å². The van der Waals surface area contributed by atoms with Gasteiger partial charge in [0, 0.05) is 18.5 Å². The lowest BCUT2D eigenvalue weighted by Crippen LogP contribution is -2.41. The topological polar surface area (TPSA) is 37.0 Å². The van der Waals surface area contributed by atoms with Gasteiger partial charge in [-0.15, -0.1) is 11.3 Å². The standard InChI is InChI=1S/C12H21N3S/c1-10-15-11(8-16-10)7-14-9-12(2)3-5-13-6-4-12/h8,13-14H,3-7,9H2,1-2H3. The number of hydrogen-bond donors (Lipinski definition) is 2. The number of nitrogens with one attached hydrogen (secondary N) is 2. The third kappa shape index (κ3) is 3.27. The Balaban J connectivity index is 1.74. The Labute approximate surface area is 102 Å². The second-order valence-corrected chi connectivity index (χ2v) is 6.08. The molecule has 0 spiro atoms. The van der Waals surface area contributed by atoms with Crippen molar-refractivity contribution >= 4 is 11.3 Å². The molecule has 1 aliphatic rings. The van der Waals surface area contributed by atoms with Crippen LogP contribution in [0.25, 0.3) is 0 Å². The van der Waals surface area contributed by atoms with E-state index in [0.29, 0.717) is 5.41 Å². The largest absolute Gasteiger partial charge is 0.317 e. The van der Waals surface area contributed by atoms with E-state index in [9.17, 15) is 0 Å². The molecule has 1 fully saturated rings. The number of aryl methyl sites for hydroxylation is 1. The first-order valence-electron chi connectivity index (χ1n) is 6.00. The van der Waals surface area contributed by atoms with E-state index < -0.39 is 0 Å². The number of aromatic nitrogens is 1. The number of thiazole rings is 1. The Morgan fingerprint density at radius 2 is 2.25 bits per heavy atom. The summed E-state index contributed by atoms with van der Waals surface area (Å²) in [5.74, 6) is 0. The first-order chi connectivity index (χ1) is 7.68. The molecule has 0 atom stereocenters. The maximum Gasteiger partial charge on any atom is 0.0897 e. The maximum atomic E-state index is 4.46. The predicted octanol–water partition coefficient (Wildman–Crippen LogP) is 1.93. The van der Waals surface area contributed by atoms with Gasteiger partial charge in [-0.2, -0.15) is 0 Å². The summed E-state index contributed by atoms with van der Waals surface area (Å²) in [4.78, 5) is 4.46. The van der Waals surface area contributed by atoms with E-state index in [4.69, 9.17) is 0 Å². The summed E-state index contributed by atoms with van der Waals surface area (Å²) < 4.78 is 0. The average molecular weight is 239 g/mol. The van der Waals surface area contributed by atoms with Gasteiger partial charge in [-0.3, -0.25) is 0 Å². The molecular formula is C12H21N3S. The number of nitrogens with zero attached hydrogens (tertiary/aromatic N) is 1. The van der Waals surface area contributed by atoms with Crippen LogP contribution in [0.2, 0.25) is 0 Å². The van der Waals surface area contributed by atoms with Crippen LogP contribution in [0.5, 0.6) is 0 Å². The zero-order valence-corrected chi connectivity index (χ0v) is 11.0. The van der Waals surface area contributed by atoms with Crippen LogP contribution in [-0.4, -0.2) is 24.6 Å². The van der Waals surface area contributed by atoms with E-state index in [0.717, 1.165) is 31.2 Å². The summed E-state index contributed by atoms with van der Waals surface area (Å²) in [6.07, 6.45) is 2.55. The van der Waals surface area contributed by atoms with Crippen LogP contribution in [0.3, 0.4) is 0 Å². The van der Waals surface area contributed by atoms with Crippen LogP contribution in [0.1, 0.15) is 30.5 Å². The molecule has 0 amide bonds. The Kier molecular flexibility index (Phi) is 3.95. The Hall–Kier alpha value is -0.450. The lowest BCUT2D eigenvalue weighted by Gasteiger charge is -2.34. The summed E-state index contributed by atoms with van der Waals surface area (Å²) >= 11 is 1.73. The van der Waals surface area contributed by atoms with Crippen molar-refractivity contribution in [2.75, 3.05) is 19.6 Å². The fourth-order valence-electron chi connectivity index (χ4n) is 2.19. The van der Waals surface area contributed by atoms with Crippen molar-refractivity contribution in [2.45, 2.75) is 33.2 Å². The highest BCUT2D eigenvalue weighted by atomic mass is 32.1. The van der Waals surface area contributed by atoms with Gasteiger partial charge in [0.1, 0.15) is 0 Å². The van der Waals surface area contributed by atoms with Crippen LogP contribution in [0.15, 0.2) is 5.38 Å². The molecule has 0 radical (unpaired) electrons. The highest BCUT2D eigenvalue weighted by Gasteiger charge is 2.25. The second-order valence-electron chi connectivity index (χ2n) is 5.02. The maximum absolute atomic E-state index is 4.46. The molecule has 0 saturated carbocycles. The van der Waals surface area contributed by atoms with Gasteiger partial charge >= 0.3 is 0 Å². The molecule has 0 aliphatic carbocycles. The van der Waals surface area contributed by atoms with Crippen LogP contribution in [0.4, 0.5) is 0 Å². The van der Waals surface area contributed by atoms with Crippen molar-refractivity contribution in [1.29, 1.82) is 0 Å². The zero-order valence-electron chi connectivity index (χ0n) is 10.2. The lowest BCUT2D eigenvalue weighted by atomic mass is 9.81. The number of hydrogen-bond acceptors (Lipinski definition) is 4. The van der Waals surface area contributed by atoms with Crippen LogP contribution < -0.4 is 10.6 Å². The van der Waals surface area contributed by atoms with Crippen molar-refractivity contribution < 1.29 is 0 Å². The Morgan fingerprint density at radius 3 is 2.88 bits per heavy atom. The minimum atomic E-state index is 0.469. The molecule has 1 saturated heterocycles. The third-order valence-corrected chi connectivity index (χ3v) is 4.16. The molecule has 2 N–H and O–H groups in total. The molecule has 1 aliphatic heterocycles. The molecule has 2 heterocycles. The molecule has 90 valence electrons. The molecule has 1 aromatic rings. The normalized spacial score (nSPS) is 19.9. The van der Waals surface area contributed by atoms with E-state index >= 15 is 0 Å². The Morgan fingerprint density at radius 1 is 1.50 bits per heavy atom. The highest BCUT2D eigenvalue weighted by Crippen LogP contribution is 2.26. The second kappa shape index (κ2) is 5.25. The molecule has 2 rings (SSSR count). The van der Waals surface area contributed by atoms with Crippen LogP contribution in [0, 0.1) is 12.3 Å². The first-order valence-corrected chi connectivity index (χ1v) is 6.88. The van der Waals surface area contributed by atoms with Gasteiger partial charge in [-0.05, 0) is 38.3 Å². The van der Waals surface area contributed by atoms with E-state index in [1.54, 1.807) is 11.3 Å². The third-order valence-electron chi connectivity index (χ3n) is 3.34. The Bertz CT molecular complexity index is 329. The van der Waals surface area contributed by atoms with E-state index in [1.807, 2.05) is 0 Å². The van der Waals surface area contributed by atoms with Crippen molar-refractivity contribution in [3.8, 4) is 0 Å². The van der Waals surface area contributed by atoms with Gasteiger partial charge in [0.25, 0.3) is 0 Å². The van der Waals surface area contributed by atoms with Gasteiger partial charge in [0.2, 0.25) is 0 Å². The van der Waals surface area contributed by atoms with Gasteiger partial charge < -0.3 is 10.6 Å².